The van der Waals surface area contributed by atoms with Crippen LogP contribution in [0, 0.1) is 0 Å². The Morgan fingerprint density at radius 2 is 1.87 bits per heavy atom. The summed E-state index contributed by atoms with van der Waals surface area (Å²) >= 11 is 0. The molecular weight excluding hydrogens is 398 g/mol. The summed E-state index contributed by atoms with van der Waals surface area (Å²) in [6.07, 6.45) is 1.75. The van der Waals surface area contributed by atoms with E-state index in [4.69, 9.17) is 4.74 Å². The number of ether oxygens (including phenoxy) is 1. The lowest BCUT2D eigenvalue weighted by molar-refractivity contribution is -0.132. The number of benzene rings is 1. The second-order valence-corrected chi connectivity index (χ2v) is 7.71. The largest absolute Gasteiger partial charge is 0.482 e. The van der Waals surface area contributed by atoms with E-state index in [1.54, 1.807) is 43.4 Å². The van der Waals surface area contributed by atoms with Crippen LogP contribution in [0.1, 0.15) is 10.4 Å². The number of anilines is 2. The van der Waals surface area contributed by atoms with Gasteiger partial charge >= 0.3 is 0 Å². The summed E-state index contributed by atoms with van der Waals surface area (Å²) in [5.74, 6) is 0.763. The predicted molar refractivity (Wildman–Crippen MR) is 115 cm³/mol. The molecule has 0 radical (unpaired) electrons. The van der Waals surface area contributed by atoms with Crippen molar-refractivity contribution < 1.29 is 19.1 Å². The lowest BCUT2D eigenvalue weighted by Crippen LogP contribution is -2.53. The molecule has 0 atom stereocenters. The number of amides is 3. The first kappa shape index (κ1) is 20.6. The Morgan fingerprint density at radius 1 is 1.10 bits per heavy atom. The quantitative estimate of drug-likeness (QED) is 0.725. The third-order valence-corrected chi connectivity index (χ3v) is 5.45. The van der Waals surface area contributed by atoms with Crippen molar-refractivity contribution in [3.63, 3.8) is 0 Å². The van der Waals surface area contributed by atoms with E-state index in [1.165, 1.54) is 9.80 Å². The van der Waals surface area contributed by atoms with Gasteiger partial charge in [0.15, 0.2) is 6.61 Å². The number of hydrogen-bond donors (Lipinski definition) is 0. The van der Waals surface area contributed by atoms with Crippen LogP contribution in [0.25, 0.3) is 0 Å². The van der Waals surface area contributed by atoms with Gasteiger partial charge in [0.05, 0.1) is 5.69 Å². The number of nitrogens with zero attached hydrogens (tertiary/aromatic N) is 5. The van der Waals surface area contributed by atoms with Crippen LogP contribution >= 0.6 is 0 Å². The highest BCUT2D eigenvalue weighted by molar-refractivity contribution is 6.04. The third kappa shape index (κ3) is 4.30. The Balaban J connectivity index is 1.46. The lowest BCUT2D eigenvalue weighted by Gasteiger charge is -2.37. The van der Waals surface area contributed by atoms with Gasteiger partial charge in [0.1, 0.15) is 18.1 Å². The summed E-state index contributed by atoms with van der Waals surface area (Å²) in [6.45, 7) is 2.25. The third-order valence-electron chi connectivity index (χ3n) is 5.45. The van der Waals surface area contributed by atoms with Crippen molar-refractivity contribution in [2.24, 2.45) is 0 Å². The zero-order chi connectivity index (χ0) is 22.0. The van der Waals surface area contributed by atoms with E-state index >= 15 is 0 Å². The van der Waals surface area contributed by atoms with Crippen molar-refractivity contribution in [3.8, 4) is 5.75 Å². The highest BCUT2D eigenvalue weighted by Crippen LogP contribution is 2.33. The summed E-state index contributed by atoms with van der Waals surface area (Å²) in [6, 6.07) is 10.7. The van der Waals surface area contributed by atoms with E-state index in [9.17, 15) is 14.4 Å². The average molecular weight is 423 g/mol. The van der Waals surface area contributed by atoms with Gasteiger partial charge in [0, 0.05) is 52.0 Å². The van der Waals surface area contributed by atoms with Crippen molar-refractivity contribution in [1.29, 1.82) is 0 Å². The number of aromatic nitrogens is 1. The second-order valence-electron chi connectivity index (χ2n) is 7.71. The Bertz CT molecular complexity index is 987. The fourth-order valence-corrected chi connectivity index (χ4v) is 3.73. The normalized spacial score (nSPS) is 15.9. The summed E-state index contributed by atoms with van der Waals surface area (Å²) in [7, 11) is 3.32. The molecule has 2 aliphatic rings. The minimum atomic E-state index is -0.303. The standard InChI is InChI=1S/C22H25N5O4/c1-24(2)22(30)16-6-7-18-17(13-16)27(21(29)15-31-18)14-20(28)26-11-9-25(10-12-26)19-5-3-4-8-23-19/h3-8,13H,9-12,14-15H2,1-2H3. The minimum Gasteiger partial charge on any atom is -0.482 e. The molecule has 0 spiro atoms. The molecule has 1 aromatic carbocycles. The molecular formula is C22H25N5O4. The van der Waals surface area contributed by atoms with Crippen LogP contribution in [0.3, 0.4) is 0 Å². The minimum absolute atomic E-state index is 0.0849. The Hall–Kier alpha value is -3.62. The van der Waals surface area contributed by atoms with E-state index in [-0.39, 0.29) is 30.9 Å². The molecule has 0 unspecified atom stereocenters. The number of rotatable bonds is 4. The fraction of sp³-hybridized carbons (Fsp3) is 0.364. The SMILES string of the molecule is CN(C)C(=O)c1ccc2c(c1)N(CC(=O)N1CCN(c3ccccn3)CC1)C(=O)CO2. The van der Waals surface area contributed by atoms with Crippen molar-refractivity contribution in [2.75, 3.05) is 63.2 Å². The first-order valence-corrected chi connectivity index (χ1v) is 10.2. The molecule has 0 saturated carbocycles. The topological polar surface area (TPSA) is 86.3 Å². The van der Waals surface area contributed by atoms with Gasteiger partial charge in [-0.1, -0.05) is 6.07 Å². The van der Waals surface area contributed by atoms with E-state index in [0.29, 0.717) is 43.2 Å². The van der Waals surface area contributed by atoms with Gasteiger partial charge < -0.3 is 19.4 Å². The molecule has 9 heteroatoms. The summed E-state index contributed by atoms with van der Waals surface area (Å²) in [4.78, 5) is 49.0. The fourth-order valence-electron chi connectivity index (χ4n) is 3.73. The maximum atomic E-state index is 13.0. The zero-order valence-electron chi connectivity index (χ0n) is 17.7. The molecule has 3 heterocycles. The molecule has 162 valence electrons. The number of fused-ring (bicyclic) bond motifs is 1. The maximum absolute atomic E-state index is 13.0. The molecule has 1 aromatic heterocycles. The smallest absolute Gasteiger partial charge is 0.265 e. The first-order chi connectivity index (χ1) is 14.9. The molecule has 2 aromatic rings. The zero-order valence-corrected chi connectivity index (χ0v) is 17.7. The predicted octanol–water partition coefficient (Wildman–Crippen LogP) is 0.858. The highest BCUT2D eigenvalue weighted by atomic mass is 16.5. The van der Waals surface area contributed by atoms with Crippen LogP contribution in [0.15, 0.2) is 42.6 Å². The summed E-state index contributed by atoms with van der Waals surface area (Å²) < 4.78 is 5.50. The summed E-state index contributed by atoms with van der Waals surface area (Å²) in [5.41, 5.74) is 0.882. The lowest BCUT2D eigenvalue weighted by atomic mass is 10.1. The van der Waals surface area contributed by atoms with E-state index in [1.807, 2.05) is 18.2 Å². The molecule has 1 fully saturated rings. The van der Waals surface area contributed by atoms with Crippen LogP contribution in [0.2, 0.25) is 0 Å². The van der Waals surface area contributed by atoms with Crippen molar-refractivity contribution in [2.45, 2.75) is 0 Å². The van der Waals surface area contributed by atoms with Gasteiger partial charge in [-0.25, -0.2) is 4.98 Å². The van der Waals surface area contributed by atoms with Gasteiger partial charge in [-0.15, -0.1) is 0 Å². The van der Waals surface area contributed by atoms with Crippen LogP contribution in [-0.2, 0) is 9.59 Å². The van der Waals surface area contributed by atoms with Crippen molar-refractivity contribution >= 4 is 29.2 Å². The van der Waals surface area contributed by atoms with Crippen LogP contribution in [-0.4, -0.2) is 85.9 Å². The monoisotopic (exact) mass is 423 g/mol. The van der Waals surface area contributed by atoms with Gasteiger partial charge in [-0.2, -0.15) is 0 Å². The molecule has 3 amide bonds. The molecule has 4 rings (SSSR count). The Morgan fingerprint density at radius 3 is 2.55 bits per heavy atom. The van der Waals surface area contributed by atoms with Gasteiger partial charge in [-0.3, -0.25) is 19.3 Å². The van der Waals surface area contributed by atoms with Crippen LogP contribution < -0.4 is 14.5 Å². The molecule has 9 nitrogen and oxygen atoms in total. The van der Waals surface area contributed by atoms with Gasteiger partial charge in [-0.05, 0) is 30.3 Å². The number of hydrogen-bond acceptors (Lipinski definition) is 6. The number of carbonyl (C=O) groups is 3. The van der Waals surface area contributed by atoms with Crippen LogP contribution in [0.4, 0.5) is 11.5 Å². The molecule has 0 aliphatic carbocycles. The van der Waals surface area contributed by atoms with Gasteiger partial charge in [0.25, 0.3) is 11.8 Å². The number of pyridine rings is 1. The number of carbonyl (C=O) groups excluding carboxylic acids is 3. The van der Waals surface area contributed by atoms with Crippen molar-refractivity contribution in [1.82, 2.24) is 14.8 Å². The van der Waals surface area contributed by atoms with Crippen molar-refractivity contribution in [3.05, 3.63) is 48.2 Å². The Labute approximate surface area is 180 Å². The average Bonchev–Trinajstić information content (AvgIpc) is 2.80. The van der Waals surface area contributed by atoms with Gasteiger partial charge in [0.2, 0.25) is 5.91 Å². The van der Waals surface area contributed by atoms with E-state index in [2.05, 4.69) is 9.88 Å². The number of piperazine rings is 1. The first-order valence-electron chi connectivity index (χ1n) is 10.2. The molecule has 0 N–H and O–H groups in total. The van der Waals surface area contributed by atoms with E-state index < -0.39 is 0 Å². The highest BCUT2D eigenvalue weighted by Gasteiger charge is 2.31. The molecule has 1 saturated heterocycles. The Kier molecular flexibility index (Phi) is 5.75. The van der Waals surface area contributed by atoms with E-state index in [0.717, 1.165) is 5.82 Å². The second kappa shape index (κ2) is 8.63. The molecule has 0 bridgehead atoms. The molecule has 31 heavy (non-hydrogen) atoms. The molecule has 2 aliphatic heterocycles. The summed E-state index contributed by atoms with van der Waals surface area (Å²) in [5, 5.41) is 0. The maximum Gasteiger partial charge on any atom is 0.265 e. The van der Waals surface area contributed by atoms with Crippen LogP contribution in [0.5, 0.6) is 5.75 Å².